The van der Waals surface area contributed by atoms with Crippen molar-refractivity contribution < 1.29 is 9.32 Å². The number of nitrogens with zero attached hydrogens (tertiary/aromatic N) is 2. The molecule has 1 heterocycles. The van der Waals surface area contributed by atoms with Crippen LogP contribution in [0.4, 0.5) is 0 Å². The van der Waals surface area contributed by atoms with E-state index in [4.69, 9.17) is 10.3 Å². The maximum Gasteiger partial charge on any atom is 0.248 e. The molecule has 0 bridgehead atoms. The largest absolute Gasteiger partial charge is 0.343 e. The zero-order valence-electron chi connectivity index (χ0n) is 14.0. The SMILES string of the molecule is CC(NC(=O)[C@@H](N)C(C)(C)C)c1nc(Cc2ccccc2)no1. The standard InChI is InChI=1S/C17H24N4O2/c1-11(19-15(22)14(18)17(2,3)4)16-20-13(21-23-16)10-12-8-6-5-7-9-12/h5-9,11,14H,10,18H2,1-4H3,(H,19,22)/t11?,14-/m1/s1. The average molecular weight is 316 g/mol. The van der Waals surface area contributed by atoms with Crippen LogP contribution >= 0.6 is 0 Å². The van der Waals surface area contributed by atoms with Gasteiger partial charge < -0.3 is 15.6 Å². The van der Waals surface area contributed by atoms with Crippen molar-refractivity contribution >= 4 is 5.91 Å². The molecular weight excluding hydrogens is 292 g/mol. The number of hydrogen-bond acceptors (Lipinski definition) is 5. The third-order valence-electron chi connectivity index (χ3n) is 3.63. The van der Waals surface area contributed by atoms with E-state index in [2.05, 4.69) is 15.5 Å². The Morgan fingerprint density at radius 3 is 2.57 bits per heavy atom. The number of nitrogens with two attached hydrogens (primary N) is 1. The highest BCUT2D eigenvalue weighted by Gasteiger charge is 2.29. The van der Waals surface area contributed by atoms with Crippen molar-refractivity contribution in [3.05, 3.63) is 47.6 Å². The lowest BCUT2D eigenvalue weighted by molar-refractivity contribution is -0.125. The van der Waals surface area contributed by atoms with E-state index in [1.165, 1.54) is 0 Å². The third kappa shape index (κ3) is 4.63. The molecule has 2 aromatic rings. The highest BCUT2D eigenvalue weighted by molar-refractivity contribution is 5.82. The van der Waals surface area contributed by atoms with Crippen LogP contribution in [0.15, 0.2) is 34.9 Å². The number of nitrogens with one attached hydrogen (secondary N) is 1. The fraction of sp³-hybridized carbons (Fsp3) is 0.471. The summed E-state index contributed by atoms with van der Waals surface area (Å²) >= 11 is 0. The van der Waals surface area contributed by atoms with Gasteiger partial charge in [-0.1, -0.05) is 56.3 Å². The molecule has 0 aliphatic carbocycles. The zero-order valence-corrected chi connectivity index (χ0v) is 14.0. The Labute approximate surface area is 136 Å². The lowest BCUT2D eigenvalue weighted by Crippen LogP contribution is -2.49. The van der Waals surface area contributed by atoms with Crippen molar-refractivity contribution in [2.24, 2.45) is 11.1 Å². The van der Waals surface area contributed by atoms with Crippen molar-refractivity contribution in [2.75, 3.05) is 0 Å². The van der Waals surface area contributed by atoms with Gasteiger partial charge in [0.05, 0.1) is 6.04 Å². The molecule has 0 saturated carbocycles. The number of aromatic nitrogens is 2. The van der Waals surface area contributed by atoms with Crippen LogP contribution in [0.25, 0.3) is 0 Å². The van der Waals surface area contributed by atoms with Crippen molar-refractivity contribution in [3.63, 3.8) is 0 Å². The van der Waals surface area contributed by atoms with Gasteiger partial charge in [0.1, 0.15) is 6.04 Å². The maximum absolute atomic E-state index is 12.1. The Hall–Kier alpha value is -2.21. The minimum absolute atomic E-state index is 0.229. The fourth-order valence-corrected chi connectivity index (χ4v) is 2.05. The number of hydrogen-bond donors (Lipinski definition) is 2. The number of carbonyl (C=O) groups excluding carboxylic acids is 1. The van der Waals surface area contributed by atoms with E-state index >= 15 is 0 Å². The van der Waals surface area contributed by atoms with Crippen LogP contribution in [0.5, 0.6) is 0 Å². The third-order valence-corrected chi connectivity index (χ3v) is 3.63. The first-order valence-corrected chi connectivity index (χ1v) is 7.69. The van der Waals surface area contributed by atoms with Gasteiger partial charge in [0.25, 0.3) is 0 Å². The summed E-state index contributed by atoms with van der Waals surface area (Å²) in [4.78, 5) is 16.5. The van der Waals surface area contributed by atoms with E-state index < -0.39 is 6.04 Å². The molecule has 6 nitrogen and oxygen atoms in total. The first kappa shape index (κ1) is 17.1. The van der Waals surface area contributed by atoms with Gasteiger partial charge in [-0.3, -0.25) is 4.79 Å². The Morgan fingerprint density at radius 2 is 1.96 bits per heavy atom. The highest BCUT2D eigenvalue weighted by atomic mass is 16.5. The Morgan fingerprint density at radius 1 is 1.30 bits per heavy atom. The summed E-state index contributed by atoms with van der Waals surface area (Å²) in [5.41, 5.74) is 6.74. The number of amides is 1. The molecule has 1 amide bonds. The van der Waals surface area contributed by atoms with Crippen LogP contribution < -0.4 is 11.1 Å². The number of carbonyl (C=O) groups is 1. The van der Waals surface area contributed by atoms with Crippen LogP contribution in [0.3, 0.4) is 0 Å². The van der Waals surface area contributed by atoms with Crippen LogP contribution in [0, 0.1) is 5.41 Å². The molecule has 0 fully saturated rings. The summed E-state index contributed by atoms with van der Waals surface area (Å²) in [6, 6.07) is 8.92. The minimum atomic E-state index is -0.600. The van der Waals surface area contributed by atoms with Gasteiger partial charge in [0.2, 0.25) is 11.8 Å². The van der Waals surface area contributed by atoms with Gasteiger partial charge in [-0.2, -0.15) is 4.98 Å². The van der Waals surface area contributed by atoms with Crippen molar-refractivity contribution in [2.45, 2.75) is 46.2 Å². The molecule has 1 aromatic carbocycles. The smallest absolute Gasteiger partial charge is 0.248 e. The predicted molar refractivity (Wildman–Crippen MR) is 87.5 cm³/mol. The Bertz CT molecular complexity index is 646. The Balaban J connectivity index is 1.98. The number of benzene rings is 1. The monoisotopic (exact) mass is 316 g/mol. The molecule has 0 aliphatic heterocycles. The van der Waals surface area contributed by atoms with Crippen LogP contribution in [0.1, 0.15) is 51.0 Å². The summed E-state index contributed by atoms with van der Waals surface area (Å²) in [6.07, 6.45) is 0.590. The second kappa shape index (κ2) is 6.91. The van der Waals surface area contributed by atoms with E-state index in [-0.39, 0.29) is 17.4 Å². The molecule has 23 heavy (non-hydrogen) atoms. The normalized spacial score (nSPS) is 14.3. The molecular formula is C17H24N4O2. The first-order valence-electron chi connectivity index (χ1n) is 7.69. The first-order chi connectivity index (χ1) is 10.8. The van der Waals surface area contributed by atoms with Gasteiger partial charge in [-0.15, -0.1) is 0 Å². The summed E-state index contributed by atoms with van der Waals surface area (Å²) < 4.78 is 5.25. The van der Waals surface area contributed by atoms with Crippen LogP contribution in [-0.2, 0) is 11.2 Å². The number of rotatable bonds is 5. The summed E-state index contributed by atoms with van der Waals surface area (Å²) in [7, 11) is 0. The molecule has 0 radical (unpaired) electrons. The molecule has 0 spiro atoms. The van der Waals surface area contributed by atoms with E-state index in [0.717, 1.165) is 5.56 Å². The second-order valence-electron chi connectivity index (χ2n) is 6.79. The van der Waals surface area contributed by atoms with E-state index in [9.17, 15) is 4.79 Å². The molecule has 124 valence electrons. The molecule has 2 atom stereocenters. The lowest BCUT2D eigenvalue weighted by Gasteiger charge is -2.26. The van der Waals surface area contributed by atoms with E-state index in [1.54, 1.807) is 6.92 Å². The zero-order chi connectivity index (χ0) is 17.0. The van der Waals surface area contributed by atoms with E-state index in [1.807, 2.05) is 51.1 Å². The average Bonchev–Trinajstić information content (AvgIpc) is 2.95. The quantitative estimate of drug-likeness (QED) is 0.882. The van der Waals surface area contributed by atoms with Crippen LogP contribution in [0.2, 0.25) is 0 Å². The minimum Gasteiger partial charge on any atom is -0.343 e. The molecule has 1 aromatic heterocycles. The van der Waals surface area contributed by atoms with Crippen molar-refractivity contribution in [3.8, 4) is 0 Å². The van der Waals surface area contributed by atoms with Gasteiger partial charge in [-0.05, 0) is 17.9 Å². The molecule has 0 saturated heterocycles. The highest BCUT2D eigenvalue weighted by Crippen LogP contribution is 2.19. The maximum atomic E-state index is 12.1. The Kier molecular flexibility index (Phi) is 5.15. The van der Waals surface area contributed by atoms with Crippen LogP contribution in [-0.4, -0.2) is 22.1 Å². The summed E-state index contributed by atoms with van der Waals surface area (Å²) in [5.74, 6) is 0.741. The molecule has 0 aliphatic rings. The second-order valence-corrected chi connectivity index (χ2v) is 6.79. The molecule has 6 heteroatoms. The van der Waals surface area contributed by atoms with Crippen molar-refractivity contribution in [1.82, 2.24) is 15.5 Å². The van der Waals surface area contributed by atoms with Gasteiger partial charge in [0.15, 0.2) is 5.82 Å². The topological polar surface area (TPSA) is 94.0 Å². The fourth-order valence-electron chi connectivity index (χ4n) is 2.05. The summed E-state index contributed by atoms with van der Waals surface area (Å²) in [6.45, 7) is 7.57. The molecule has 3 N–H and O–H groups in total. The predicted octanol–water partition coefficient (Wildman–Crippen LogP) is 2.21. The van der Waals surface area contributed by atoms with E-state index in [0.29, 0.717) is 18.1 Å². The van der Waals surface area contributed by atoms with Gasteiger partial charge >= 0.3 is 0 Å². The molecule has 2 rings (SSSR count). The summed E-state index contributed by atoms with van der Waals surface area (Å²) in [5, 5.41) is 6.78. The lowest BCUT2D eigenvalue weighted by atomic mass is 9.87. The molecule has 1 unspecified atom stereocenters. The van der Waals surface area contributed by atoms with Gasteiger partial charge in [0, 0.05) is 6.42 Å². The van der Waals surface area contributed by atoms with Crippen molar-refractivity contribution in [1.29, 1.82) is 0 Å². The van der Waals surface area contributed by atoms with Gasteiger partial charge in [-0.25, -0.2) is 0 Å².